The van der Waals surface area contributed by atoms with Gasteiger partial charge in [-0.05, 0) is 32.0 Å². The summed E-state index contributed by atoms with van der Waals surface area (Å²) < 4.78 is 1.90. The maximum atomic E-state index is 10.5. The molecule has 128 valence electrons. The number of nitrogens with zero attached hydrogens (tertiary/aromatic N) is 2. The second-order valence-corrected chi connectivity index (χ2v) is 5.55. The van der Waals surface area contributed by atoms with Gasteiger partial charge in [-0.1, -0.05) is 0 Å². The minimum absolute atomic E-state index is 0.130. The molecule has 0 radical (unpaired) electrons. The van der Waals surface area contributed by atoms with E-state index in [1.165, 1.54) is 0 Å². The zero-order valence-corrected chi connectivity index (χ0v) is 13.2. The maximum absolute atomic E-state index is 10.5. The summed E-state index contributed by atoms with van der Waals surface area (Å²) in [6.07, 6.45) is 6.08. The van der Waals surface area contributed by atoms with Crippen molar-refractivity contribution in [2.45, 2.75) is 25.8 Å². The molecule has 0 saturated carbocycles. The van der Waals surface area contributed by atoms with Crippen molar-refractivity contribution in [2.75, 3.05) is 0 Å². The molecule has 0 aliphatic rings. The molecule has 24 heavy (non-hydrogen) atoms. The van der Waals surface area contributed by atoms with Crippen LogP contribution in [0.5, 0.6) is 0 Å². The fourth-order valence-electron chi connectivity index (χ4n) is 1.87. The Hall–Kier alpha value is -3.16. The van der Waals surface area contributed by atoms with Crippen LogP contribution in [0.2, 0.25) is 0 Å². The van der Waals surface area contributed by atoms with Gasteiger partial charge in [0, 0.05) is 30.3 Å². The summed E-state index contributed by atoms with van der Waals surface area (Å²) in [5.74, 6) is -3.15. The Morgan fingerprint density at radius 1 is 1.00 bits per heavy atom. The Bertz CT molecular complexity index is 693. The molecule has 0 aliphatic carbocycles. The van der Waals surface area contributed by atoms with Gasteiger partial charge in [0.15, 0.2) is 0 Å². The first-order valence-electron chi connectivity index (χ1n) is 6.90. The van der Waals surface area contributed by atoms with Gasteiger partial charge < -0.3 is 19.9 Å². The van der Waals surface area contributed by atoms with E-state index in [-0.39, 0.29) is 23.1 Å². The molecule has 2 heterocycles. The molecule has 2 rings (SSSR count). The first kappa shape index (κ1) is 18.9. The van der Waals surface area contributed by atoms with Crippen molar-refractivity contribution in [2.24, 2.45) is 0 Å². The van der Waals surface area contributed by atoms with Crippen molar-refractivity contribution >= 4 is 17.9 Å². The number of aromatic nitrogens is 2. The lowest BCUT2D eigenvalue weighted by atomic mass is 10.0. The van der Waals surface area contributed by atoms with Gasteiger partial charge in [-0.25, -0.2) is 9.59 Å². The molecule has 0 saturated heterocycles. The maximum Gasteiger partial charge on any atom is 0.337 e. The summed E-state index contributed by atoms with van der Waals surface area (Å²) in [5.41, 5.74) is -0.597. The number of pyridine rings is 1. The lowest BCUT2D eigenvalue weighted by Crippen LogP contribution is -2.27. The van der Waals surface area contributed by atoms with Crippen molar-refractivity contribution < 1.29 is 29.7 Å². The third-order valence-corrected chi connectivity index (χ3v) is 3.12. The minimum atomic E-state index is -1.19. The second kappa shape index (κ2) is 7.91. The SMILES string of the molecule is CC(C)(CC(=O)O)n1cccc1.O=C(O)c1cncc(C(=O)O)c1. The van der Waals surface area contributed by atoms with E-state index in [4.69, 9.17) is 15.3 Å². The van der Waals surface area contributed by atoms with Crippen LogP contribution in [0.15, 0.2) is 43.0 Å². The van der Waals surface area contributed by atoms with E-state index >= 15 is 0 Å². The smallest absolute Gasteiger partial charge is 0.337 e. The summed E-state index contributed by atoms with van der Waals surface area (Å²) in [4.78, 5) is 34.6. The van der Waals surface area contributed by atoms with Gasteiger partial charge in [0.1, 0.15) is 0 Å². The molecule has 0 fully saturated rings. The quantitative estimate of drug-likeness (QED) is 0.764. The van der Waals surface area contributed by atoms with Gasteiger partial charge in [-0.15, -0.1) is 0 Å². The molecule has 0 unspecified atom stereocenters. The van der Waals surface area contributed by atoms with E-state index in [9.17, 15) is 14.4 Å². The Morgan fingerprint density at radius 2 is 1.46 bits per heavy atom. The summed E-state index contributed by atoms with van der Waals surface area (Å²) in [6.45, 7) is 3.81. The van der Waals surface area contributed by atoms with Crippen LogP contribution in [0, 0.1) is 0 Å². The number of carboxylic acids is 3. The largest absolute Gasteiger partial charge is 0.481 e. The van der Waals surface area contributed by atoms with E-state index < -0.39 is 17.9 Å². The number of aromatic carboxylic acids is 2. The standard InChI is InChI=1S/C9H13NO2.C7H5NO4/c1-9(2,7-8(11)12)10-5-3-4-6-10;9-6(10)4-1-5(7(11)12)3-8-2-4/h3-6H,7H2,1-2H3,(H,11,12);1-3H,(H,9,10)(H,11,12). The summed E-state index contributed by atoms with van der Waals surface area (Å²) in [6, 6.07) is 4.84. The molecular weight excluding hydrogens is 316 g/mol. The molecule has 0 spiro atoms. The molecule has 0 aromatic carbocycles. The summed E-state index contributed by atoms with van der Waals surface area (Å²) >= 11 is 0. The second-order valence-electron chi connectivity index (χ2n) is 5.55. The molecule has 0 aliphatic heterocycles. The molecule has 2 aromatic heterocycles. The lowest BCUT2D eigenvalue weighted by molar-refractivity contribution is -0.138. The first-order chi connectivity index (χ1) is 11.1. The van der Waals surface area contributed by atoms with Crippen LogP contribution >= 0.6 is 0 Å². The minimum Gasteiger partial charge on any atom is -0.481 e. The third-order valence-electron chi connectivity index (χ3n) is 3.12. The van der Waals surface area contributed by atoms with Crippen LogP contribution in [-0.4, -0.2) is 42.8 Å². The number of carboxylic acid groups (broad SMARTS) is 3. The Balaban J connectivity index is 0.000000240. The van der Waals surface area contributed by atoms with Gasteiger partial charge in [0.05, 0.1) is 17.5 Å². The van der Waals surface area contributed by atoms with E-state index in [0.717, 1.165) is 18.5 Å². The van der Waals surface area contributed by atoms with E-state index in [1.54, 1.807) is 0 Å². The van der Waals surface area contributed by atoms with Crippen LogP contribution in [0.3, 0.4) is 0 Å². The van der Waals surface area contributed by atoms with Crippen LogP contribution in [0.25, 0.3) is 0 Å². The van der Waals surface area contributed by atoms with Crippen LogP contribution in [-0.2, 0) is 10.3 Å². The Morgan fingerprint density at radius 3 is 1.83 bits per heavy atom. The lowest BCUT2D eigenvalue weighted by Gasteiger charge is -2.24. The average molecular weight is 334 g/mol. The Labute approximate surface area is 138 Å². The fourth-order valence-corrected chi connectivity index (χ4v) is 1.87. The van der Waals surface area contributed by atoms with Crippen molar-refractivity contribution in [1.29, 1.82) is 0 Å². The molecule has 0 bridgehead atoms. The molecule has 2 aromatic rings. The van der Waals surface area contributed by atoms with Gasteiger partial charge in [-0.2, -0.15) is 0 Å². The molecule has 8 nitrogen and oxygen atoms in total. The number of carbonyl (C=O) groups is 3. The van der Waals surface area contributed by atoms with Crippen molar-refractivity contribution in [3.8, 4) is 0 Å². The number of rotatable bonds is 5. The normalized spacial score (nSPS) is 10.4. The molecule has 3 N–H and O–H groups in total. The highest BCUT2D eigenvalue weighted by Crippen LogP contribution is 2.19. The van der Waals surface area contributed by atoms with Crippen LogP contribution < -0.4 is 0 Å². The van der Waals surface area contributed by atoms with Gasteiger partial charge in [-0.3, -0.25) is 9.78 Å². The van der Waals surface area contributed by atoms with Crippen molar-refractivity contribution in [3.63, 3.8) is 0 Å². The molecule has 0 amide bonds. The predicted octanol–water partition coefficient (Wildman–Crippen LogP) is 2.18. The van der Waals surface area contributed by atoms with Crippen molar-refractivity contribution in [1.82, 2.24) is 9.55 Å². The monoisotopic (exact) mass is 334 g/mol. The highest BCUT2D eigenvalue weighted by molar-refractivity contribution is 5.92. The first-order valence-corrected chi connectivity index (χ1v) is 6.90. The van der Waals surface area contributed by atoms with Gasteiger partial charge >= 0.3 is 17.9 Å². The van der Waals surface area contributed by atoms with Crippen LogP contribution in [0.1, 0.15) is 41.0 Å². The third kappa shape index (κ3) is 5.56. The summed E-state index contributed by atoms with van der Waals surface area (Å²) in [5, 5.41) is 25.6. The summed E-state index contributed by atoms with van der Waals surface area (Å²) in [7, 11) is 0. The van der Waals surface area contributed by atoms with E-state index in [2.05, 4.69) is 4.98 Å². The van der Waals surface area contributed by atoms with Crippen LogP contribution in [0.4, 0.5) is 0 Å². The van der Waals surface area contributed by atoms with Gasteiger partial charge in [0.25, 0.3) is 0 Å². The molecule has 8 heteroatoms. The predicted molar refractivity (Wildman–Crippen MR) is 84.2 cm³/mol. The number of hydrogen-bond acceptors (Lipinski definition) is 4. The fraction of sp³-hybridized carbons (Fsp3) is 0.250. The molecule has 0 atom stereocenters. The topological polar surface area (TPSA) is 130 Å². The van der Waals surface area contributed by atoms with E-state index in [0.29, 0.717) is 0 Å². The number of hydrogen-bond donors (Lipinski definition) is 3. The van der Waals surface area contributed by atoms with E-state index in [1.807, 2.05) is 42.9 Å². The Kier molecular flexibility index (Phi) is 6.22. The highest BCUT2D eigenvalue weighted by Gasteiger charge is 2.22. The highest BCUT2D eigenvalue weighted by atomic mass is 16.4. The average Bonchev–Trinajstić information content (AvgIpc) is 3.02. The zero-order chi connectivity index (χ0) is 18.3. The molecular formula is C16H18N2O6. The van der Waals surface area contributed by atoms with Gasteiger partial charge in [0.2, 0.25) is 0 Å². The zero-order valence-electron chi connectivity index (χ0n) is 13.2. The number of aliphatic carboxylic acids is 1. The van der Waals surface area contributed by atoms with Crippen molar-refractivity contribution in [3.05, 3.63) is 54.1 Å².